The van der Waals surface area contributed by atoms with Crippen molar-refractivity contribution in [1.82, 2.24) is 0 Å². The van der Waals surface area contributed by atoms with Crippen LogP contribution in [-0.4, -0.2) is 0 Å². The second-order valence-electron chi connectivity index (χ2n) is 13.3. The number of rotatable bonds is 6. The first-order valence-electron chi connectivity index (χ1n) is 17.5. The number of fused-ring (bicyclic) bond motifs is 6. The molecule has 0 saturated carbocycles. The summed E-state index contributed by atoms with van der Waals surface area (Å²) in [7, 11) is 0. The Hall–Kier alpha value is -6.64. The molecule has 0 fully saturated rings. The van der Waals surface area contributed by atoms with Crippen LogP contribution in [0, 0.1) is 0 Å². The van der Waals surface area contributed by atoms with Crippen molar-refractivity contribution in [2.24, 2.45) is 0 Å². The number of benzene rings is 8. The number of hydrogen-bond acceptors (Lipinski definition) is 2. The van der Waals surface area contributed by atoms with Gasteiger partial charge in [-0.05, 0) is 75.3 Å². The molecule has 1 aliphatic carbocycles. The molecule has 0 spiro atoms. The molecule has 2 nitrogen and oxygen atoms in total. The fraction of sp³-hybridized carbons (Fsp3) is 0.0204. The van der Waals surface area contributed by atoms with Crippen LogP contribution in [0.15, 0.2) is 205 Å². The number of nitrogens with zero attached hydrogens (tertiary/aromatic N) is 1. The van der Waals surface area contributed by atoms with E-state index in [4.69, 9.17) is 4.42 Å². The SMILES string of the molecule is c1ccc(-c2ccc(N(c3ccccc3)c3ccc4c(c3)oc3c(C5(c6ccccc6)c6ccccc6-c6ccccc65)cccc34)cc2)cc1. The fourth-order valence-electron chi connectivity index (χ4n) is 8.36. The van der Waals surface area contributed by atoms with Crippen molar-refractivity contribution in [3.05, 3.63) is 222 Å². The third-order valence-electron chi connectivity index (χ3n) is 10.6. The topological polar surface area (TPSA) is 16.4 Å². The van der Waals surface area contributed by atoms with Crippen molar-refractivity contribution in [3.8, 4) is 22.3 Å². The summed E-state index contributed by atoms with van der Waals surface area (Å²) in [6, 6.07) is 71.8. The van der Waals surface area contributed by atoms with Crippen molar-refractivity contribution in [2.75, 3.05) is 4.90 Å². The zero-order valence-corrected chi connectivity index (χ0v) is 27.9. The normalized spacial score (nSPS) is 12.9. The molecule has 0 unspecified atom stereocenters. The summed E-state index contributed by atoms with van der Waals surface area (Å²) >= 11 is 0. The first kappa shape index (κ1) is 29.3. The van der Waals surface area contributed by atoms with E-state index in [2.05, 4.69) is 205 Å². The molecule has 2 heteroatoms. The summed E-state index contributed by atoms with van der Waals surface area (Å²) in [6.45, 7) is 0. The van der Waals surface area contributed by atoms with Crippen LogP contribution in [0.5, 0.6) is 0 Å². The monoisotopic (exact) mass is 651 g/mol. The van der Waals surface area contributed by atoms with E-state index in [1.165, 1.54) is 38.9 Å². The molecule has 10 rings (SSSR count). The van der Waals surface area contributed by atoms with Gasteiger partial charge in [-0.1, -0.05) is 158 Å². The standard InChI is InChI=1S/C49H33NO/c1-4-15-34(16-5-1)35-27-29-38(30-28-35)50(37-19-8-3-9-20-37)39-31-32-42-43-23-14-26-46(48(43)51-47(42)33-39)49(36-17-6-2-7-18-36)44-24-12-10-21-40(44)41-22-11-13-25-45(41)49/h1-33H. The summed E-state index contributed by atoms with van der Waals surface area (Å²) in [5.74, 6) is 0. The van der Waals surface area contributed by atoms with Gasteiger partial charge in [0.05, 0.1) is 5.41 Å². The van der Waals surface area contributed by atoms with Gasteiger partial charge in [0.25, 0.3) is 0 Å². The van der Waals surface area contributed by atoms with Gasteiger partial charge in [0, 0.05) is 39.5 Å². The van der Waals surface area contributed by atoms with Crippen LogP contribution < -0.4 is 4.90 Å². The minimum absolute atomic E-state index is 0.540. The molecule has 1 aromatic heterocycles. The van der Waals surface area contributed by atoms with Gasteiger partial charge < -0.3 is 9.32 Å². The summed E-state index contributed by atoms with van der Waals surface area (Å²) < 4.78 is 7.09. The van der Waals surface area contributed by atoms with Crippen molar-refractivity contribution < 1.29 is 4.42 Å². The average Bonchev–Trinajstić information content (AvgIpc) is 3.73. The molecule has 51 heavy (non-hydrogen) atoms. The molecule has 0 radical (unpaired) electrons. The maximum Gasteiger partial charge on any atom is 0.140 e. The molecule has 0 aliphatic heterocycles. The van der Waals surface area contributed by atoms with Gasteiger partial charge in [-0.25, -0.2) is 0 Å². The molecule has 0 bridgehead atoms. The van der Waals surface area contributed by atoms with Crippen LogP contribution in [-0.2, 0) is 5.41 Å². The molecule has 9 aromatic rings. The lowest BCUT2D eigenvalue weighted by molar-refractivity contribution is 0.648. The highest BCUT2D eigenvalue weighted by atomic mass is 16.3. The smallest absolute Gasteiger partial charge is 0.140 e. The summed E-state index contributed by atoms with van der Waals surface area (Å²) in [6.07, 6.45) is 0. The van der Waals surface area contributed by atoms with E-state index in [1.54, 1.807) is 0 Å². The van der Waals surface area contributed by atoms with Gasteiger partial charge in [0.2, 0.25) is 0 Å². The van der Waals surface area contributed by atoms with Gasteiger partial charge in [-0.3, -0.25) is 0 Å². The van der Waals surface area contributed by atoms with Gasteiger partial charge in [-0.2, -0.15) is 0 Å². The van der Waals surface area contributed by atoms with E-state index >= 15 is 0 Å². The zero-order valence-electron chi connectivity index (χ0n) is 27.9. The molecule has 0 saturated heterocycles. The van der Waals surface area contributed by atoms with Crippen LogP contribution in [0.1, 0.15) is 22.3 Å². The minimum atomic E-state index is -0.540. The number of anilines is 3. The van der Waals surface area contributed by atoms with Crippen LogP contribution in [0.25, 0.3) is 44.2 Å². The van der Waals surface area contributed by atoms with E-state index in [9.17, 15) is 0 Å². The Balaban J connectivity index is 1.18. The molecule has 8 aromatic carbocycles. The highest BCUT2D eigenvalue weighted by molar-refractivity contribution is 6.08. The van der Waals surface area contributed by atoms with Gasteiger partial charge in [-0.15, -0.1) is 0 Å². The maximum atomic E-state index is 7.09. The molecule has 240 valence electrons. The Labute approximate surface area is 297 Å². The molecule has 0 atom stereocenters. The summed E-state index contributed by atoms with van der Waals surface area (Å²) in [4.78, 5) is 2.30. The first-order chi connectivity index (χ1) is 25.3. The van der Waals surface area contributed by atoms with Gasteiger partial charge in [0.1, 0.15) is 11.2 Å². The Morgan fingerprint density at radius 2 is 0.902 bits per heavy atom. The molecular weight excluding hydrogens is 619 g/mol. The Kier molecular flexibility index (Phi) is 6.75. The minimum Gasteiger partial charge on any atom is -0.456 e. The van der Waals surface area contributed by atoms with Gasteiger partial charge >= 0.3 is 0 Å². The number of furan rings is 1. The summed E-state index contributed by atoms with van der Waals surface area (Å²) in [5, 5.41) is 2.22. The Morgan fingerprint density at radius 1 is 0.373 bits per heavy atom. The highest BCUT2D eigenvalue weighted by Gasteiger charge is 2.47. The van der Waals surface area contributed by atoms with Crippen LogP contribution in [0.4, 0.5) is 17.1 Å². The second kappa shape index (κ2) is 11.8. The predicted molar refractivity (Wildman–Crippen MR) is 211 cm³/mol. The van der Waals surface area contributed by atoms with Crippen molar-refractivity contribution in [1.29, 1.82) is 0 Å². The lowest BCUT2D eigenvalue weighted by atomic mass is 9.67. The second-order valence-corrected chi connectivity index (χ2v) is 13.3. The zero-order chi connectivity index (χ0) is 33.8. The van der Waals surface area contributed by atoms with E-state index in [1.807, 2.05) is 0 Å². The molecular formula is C49H33NO. The van der Waals surface area contributed by atoms with Crippen LogP contribution in [0.3, 0.4) is 0 Å². The third-order valence-corrected chi connectivity index (χ3v) is 10.6. The van der Waals surface area contributed by atoms with E-state index < -0.39 is 5.41 Å². The maximum absolute atomic E-state index is 7.09. The van der Waals surface area contributed by atoms with Crippen LogP contribution >= 0.6 is 0 Å². The third kappa shape index (κ3) is 4.50. The van der Waals surface area contributed by atoms with Crippen LogP contribution in [0.2, 0.25) is 0 Å². The van der Waals surface area contributed by atoms with Gasteiger partial charge in [0.15, 0.2) is 0 Å². The predicted octanol–water partition coefficient (Wildman–Crippen LogP) is 13.1. The van der Waals surface area contributed by atoms with E-state index in [0.717, 1.165) is 44.6 Å². The molecule has 1 aliphatic rings. The molecule has 0 N–H and O–H groups in total. The fourth-order valence-corrected chi connectivity index (χ4v) is 8.36. The van der Waals surface area contributed by atoms with Crippen molar-refractivity contribution in [2.45, 2.75) is 5.41 Å². The van der Waals surface area contributed by atoms with E-state index in [-0.39, 0.29) is 0 Å². The molecule has 1 heterocycles. The Bertz CT molecular complexity index is 2630. The Morgan fingerprint density at radius 3 is 1.59 bits per heavy atom. The number of para-hydroxylation sites is 2. The summed E-state index contributed by atoms with van der Waals surface area (Å²) in [5.41, 5.74) is 14.3. The largest absolute Gasteiger partial charge is 0.456 e. The van der Waals surface area contributed by atoms with Crippen molar-refractivity contribution >= 4 is 39.0 Å². The lowest BCUT2D eigenvalue weighted by Crippen LogP contribution is -2.28. The van der Waals surface area contributed by atoms with Crippen molar-refractivity contribution in [3.63, 3.8) is 0 Å². The lowest BCUT2D eigenvalue weighted by Gasteiger charge is -2.33. The quantitative estimate of drug-likeness (QED) is 0.178. The first-order valence-corrected chi connectivity index (χ1v) is 17.5. The molecule has 0 amide bonds. The van der Waals surface area contributed by atoms with E-state index in [0.29, 0.717) is 0 Å². The number of hydrogen-bond donors (Lipinski definition) is 0. The highest BCUT2D eigenvalue weighted by Crippen LogP contribution is 2.57. The average molecular weight is 652 g/mol.